The number of anilines is 1. The van der Waals surface area contributed by atoms with Crippen molar-refractivity contribution < 1.29 is 13.2 Å². The Hall–Kier alpha value is -4.66. The second-order valence-corrected chi connectivity index (χ2v) is 13.4. The summed E-state index contributed by atoms with van der Waals surface area (Å²) in [5.74, 6) is -0.374. The van der Waals surface area contributed by atoms with E-state index >= 15 is 0 Å². The molecule has 5 aromatic rings. The molecule has 0 aliphatic heterocycles. The second kappa shape index (κ2) is 13.1. The Morgan fingerprint density at radius 2 is 1.51 bits per heavy atom. The number of aryl methyl sites for hydroxylation is 4. The maximum absolute atomic E-state index is 13.8. The first-order valence-corrected chi connectivity index (χ1v) is 16.3. The quantitative estimate of drug-likeness (QED) is 0.132. The third-order valence-electron chi connectivity index (χ3n) is 7.82. The normalized spacial score (nSPS) is 11.6. The van der Waals surface area contributed by atoms with Crippen molar-refractivity contribution in [2.45, 2.75) is 46.1 Å². The van der Waals surface area contributed by atoms with Gasteiger partial charge < -0.3 is 4.57 Å². The van der Waals surface area contributed by atoms with Crippen molar-refractivity contribution in [2.75, 3.05) is 4.31 Å². The molecule has 0 spiro atoms. The summed E-state index contributed by atoms with van der Waals surface area (Å²) in [4.78, 5) is 13.1. The fourth-order valence-corrected chi connectivity index (χ4v) is 7.14. The van der Waals surface area contributed by atoms with E-state index in [9.17, 15) is 13.2 Å². The Morgan fingerprint density at radius 3 is 2.18 bits per heavy atom. The Kier molecular flexibility index (Phi) is 9.27. The summed E-state index contributed by atoms with van der Waals surface area (Å²) in [7, 11) is -3.91. The molecule has 0 atom stereocenters. The molecule has 1 N–H and O–H groups in total. The number of carbonyl (C=O) groups excluding carboxylic acids is 1. The van der Waals surface area contributed by atoms with E-state index in [-0.39, 0.29) is 17.3 Å². The maximum Gasteiger partial charge on any atom is 0.271 e. The molecule has 5 rings (SSSR count). The summed E-state index contributed by atoms with van der Waals surface area (Å²) >= 11 is 6.28. The lowest BCUT2D eigenvalue weighted by Crippen LogP contribution is -2.31. The van der Waals surface area contributed by atoms with Crippen LogP contribution in [0.25, 0.3) is 5.69 Å². The van der Waals surface area contributed by atoms with E-state index in [1.807, 2.05) is 19.9 Å². The van der Waals surface area contributed by atoms with E-state index in [1.165, 1.54) is 15.4 Å². The predicted octanol–water partition coefficient (Wildman–Crippen LogP) is 7.83. The first-order valence-electron chi connectivity index (χ1n) is 14.5. The topological polar surface area (TPSA) is 83.8 Å². The monoisotopic (exact) mass is 638 g/mol. The van der Waals surface area contributed by atoms with Gasteiger partial charge in [-0.2, -0.15) is 5.10 Å². The van der Waals surface area contributed by atoms with E-state index in [4.69, 9.17) is 11.6 Å². The van der Waals surface area contributed by atoms with Crippen molar-refractivity contribution in [3.8, 4) is 5.69 Å². The number of hydrogen-bond donors (Lipinski definition) is 1. The van der Waals surface area contributed by atoms with Crippen molar-refractivity contribution in [1.82, 2.24) is 9.99 Å². The molecule has 230 valence electrons. The Labute approximate surface area is 269 Å². The van der Waals surface area contributed by atoms with Crippen LogP contribution in [0.15, 0.2) is 107 Å². The molecule has 0 saturated heterocycles. The molecule has 0 bridgehead atoms. The summed E-state index contributed by atoms with van der Waals surface area (Å²) < 4.78 is 31.1. The van der Waals surface area contributed by atoms with Crippen LogP contribution in [0, 0.1) is 34.6 Å². The van der Waals surface area contributed by atoms with Gasteiger partial charge >= 0.3 is 0 Å². The number of para-hydroxylation sites is 1. The lowest BCUT2D eigenvalue weighted by atomic mass is 10.1. The zero-order valence-corrected chi connectivity index (χ0v) is 27.4. The molecule has 0 saturated carbocycles. The Balaban J connectivity index is 1.34. The fourth-order valence-electron chi connectivity index (χ4n) is 5.44. The van der Waals surface area contributed by atoms with Gasteiger partial charge in [-0.3, -0.25) is 9.10 Å². The van der Waals surface area contributed by atoms with E-state index < -0.39 is 10.0 Å². The highest BCUT2D eigenvalue weighted by Crippen LogP contribution is 2.31. The van der Waals surface area contributed by atoms with Gasteiger partial charge in [-0.1, -0.05) is 66.2 Å². The van der Waals surface area contributed by atoms with Gasteiger partial charge in [0.1, 0.15) is 0 Å². The summed E-state index contributed by atoms with van der Waals surface area (Å²) in [6, 6.07) is 28.5. The number of nitrogens with zero attached hydrogens (tertiary/aromatic N) is 3. The van der Waals surface area contributed by atoms with Crippen LogP contribution < -0.4 is 9.73 Å². The number of nitrogens with one attached hydrogen (secondary N) is 1. The van der Waals surface area contributed by atoms with Crippen LogP contribution in [0.3, 0.4) is 0 Å². The molecule has 9 heteroatoms. The first kappa shape index (κ1) is 31.8. The molecule has 4 aromatic carbocycles. The van der Waals surface area contributed by atoms with Crippen molar-refractivity contribution in [3.63, 3.8) is 0 Å². The van der Waals surface area contributed by atoms with Crippen LogP contribution in [0.1, 0.15) is 49.6 Å². The van der Waals surface area contributed by atoms with Crippen molar-refractivity contribution >= 4 is 39.4 Å². The van der Waals surface area contributed by atoms with Crippen molar-refractivity contribution in [1.29, 1.82) is 0 Å². The van der Waals surface area contributed by atoms with Gasteiger partial charge in [-0.05, 0) is 99.3 Å². The summed E-state index contributed by atoms with van der Waals surface area (Å²) in [6.45, 7) is 10.2. The SMILES string of the molecule is Cc1ccc(Cl)cc1N(Cc1ccc(C(=O)N/N=C/c2cc(C)n(-c3c(C)cccc3C)c2C)cc1)S(=O)(=O)c1ccccc1. The molecule has 45 heavy (non-hydrogen) atoms. The number of aromatic nitrogens is 1. The minimum Gasteiger partial charge on any atom is -0.317 e. The van der Waals surface area contributed by atoms with E-state index in [2.05, 4.69) is 54.1 Å². The van der Waals surface area contributed by atoms with Crippen molar-refractivity contribution in [3.05, 3.63) is 147 Å². The molecular weight excluding hydrogens is 604 g/mol. The molecule has 0 radical (unpaired) electrons. The average molecular weight is 639 g/mol. The van der Waals surface area contributed by atoms with Crippen molar-refractivity contribution in [2.24, 2.45) is 5.10 Å². The van der Waals surface area contributed by atoms with Crippen LogP contribution in [0.5, 0.6) is 0 Å². The number of amides is 1. The number of hydrogen-bond acceptors (Lipinski definition) is 4. The zero-order valence-electron chi connectivity index (χ0n) is 25.9. The lowest BCUT2D eigenvalue weighted by molar-refractivity contribution is 0.0955. The van der Waals surface area contributed by atoms with Gasteiger partial charge in [-0.15, -0.1) is 0 Å². The van der Waals surface area contributed by atoms with E-state index in [0.29, 0.717) is 21.8 Å². The van der Waals surface area contributed by atoms with Crippen LogP contribution in [0.4, 0.5) is 5.69 Å². The molecule has 1 aromatic heterocycles. The molecule has 1 amide bonds. The Morgan fingerprint density at radius 1 is 0.844 bits per heavy atom. The Bertz CT molecular complexity index is 1980. The van der Waals surface area contributed by atoms with Crippen LogP contribution in [-0.4, -0.2) is 25.1 Å². The fraction of sp³-hybridized carbons (Fsp3) is 0.167. The van der Waals surface area contributed by atoms with Gasteiger partial charge in [0.05, 0.1) is 29.0 Å². The number of carbonyl (C=O) groups is 1. The molecule has 0 aliphatic rings. The average Bonchev–Trinajstić information content (AvgIpc) is 3.30. The third-order valence-corrected chi connectivity index (χ3v) is 9.83. The molecule has 0 unspecified atom stereocenters. The van der Waals surface area contributed by atoms with E-state index in [0.717, 1.165) is 28.2 Å². The number of hydrazone groups is 1. The molecule has 1 heterocycles. The number of sulfonamides is 1. The van der Waals surface area contributed by atoms with Crippen LogP contribution >= 0.6 is 11.6 Å². The first-order chi connectivity index (χ1) is 21.5. The smallest absolute Gasteiger partial charge is 0.271 e. The van der Waals surface area contributed by atoms with Gasteiger partial charge in [-0.25, -0.2) is 13.8 Å². The van der Waals surface area contributed by atoms with Gasteiger partial charge in [0.25, 0.3) is 15.9 Å². The standard InChI is InChI=1S/C36H35ClN4O3S/c1-24-14-19-32(37)21-34(24)40(45(43,44)33-12-7-6-8-13-33)23-29-15-17-30(18-16-29)36(42)39-38-22-31-20-27(4)41(28(31)5)35-25(2)10-9-11-26(35)3/h6-22H,23H2,1-5H3,(H,39,42)/b38-22+. The minimum atomic E-state index is -3.91. The molecular formula is C36H35ClN4O3S. The minimum absolute atomic E-state index is 0.0500. The highest BCUT2D eigenvalue weighted by Gasteiger charge is 2.26. The van der Waals surface area contributed by atoms with Crippen LogP contribution in [0.2, 0.25) is 5.02 Å². The third kappa shape index (κ3) is 6.72. The van der Waals surface area contributed by atoms with Crippen LogP contribution in [-0.2, 0) is 16.6 Å². The molecule has 0 aliphatic carbocycles. The maximum atomic E-state index is 13.8. The lowest BCUT2D eigenvalue weighted by Gasteiger charge is -2.26. The largest absolute Gasteiger partial charge is 0.317 e. The molecule has 0 fully saturated rings. The zero-order chi connectivity index (χ0) is 32.3. The second-order valence-electron chi connectivity index (χ2n) is 11.1. The van der Waals surface area contributed by atoms with Gasteiger partial charge in [0.15, 0.2) is 0 Å². The molecule has 7 nitrogen and oxygen atoms in total. The number of halogens is 1. The number of benzene rings is 4. The highest BCUT2D eigenvalue weighted by atomic mass is 35.5. The summed E-state index contributed by atoms with van der Waals surface area (Å²) in [5.41, 5.74) is 11.5. The summed E-state index contributed by atoms with van der Waals surface area (Å²) in [6.07, 6.45) is 1.65. The summed E-state index contributed by atoms with van der Waals surface area (Å²) in [5, 5.41) is 4.66. The van der Waals surface area contributed by atoms with E-state index in [1.54, 1.807) is 79.0 Å². The number of rotatable bonds is 9. The predicted molar refractivity (Wildman–Crippen MR) is 182 cm³/mol. The van der Waals surface area contributed by atoms with Gasteiger partial charge in [0, 0.05) is 27.5 Å². The van der Waals surface area contributed by atoms with Gasteiger partial charge in [0.2, 0.25) is 0 Å². The highest BCUT2D eigenvalue weighted by molar-refractivity contribution is 7.92.